The lowest BCUT2D eigenvalue weighted by atomic mass is 10.1. The van der Waals surface area contributed by atoms with Crippen LogP contribution in [0.25, 0.3) is 0 Å². The van der Waals surface area contributed by atoms with E-state index in [1.165, 1.54) is 69.7 Å². The lowest BCUT2D eigenvalue weighted by molar-refractivity contribution is 0.0426. The molecule has 1 aliphatic heterocycles. The lowest BCUT2D eigenvalue weighted by Crippen LogP contribution is -2.37. The number of ether oxygens (including phenoxy) is 1. The molecule has 2 nitrogen and oxygen atoms in total. The van der Waals surface area contributed by atoms with Gasteiger partial charge in [-0.1, -0.05) is 48.0 Å². The third-order valence-corrected chi connectivity index (χ3v) is 4.52. The van der Waals surface area contributed by atoms with Gasteiger partial charge in [-0.2, -0.15) is 0 Å². The smallest absolute Gasteiger partial charge is 0.0480 e. The van der Waals surface area contributed by atoms with Crippen LogP contribution in [0, 0.1) is 0 Å². The van der Waals surface area contributed by atoms with Crippen LogP contribution in [0.15, 0.2) is 0 Å². The Balaban J connectivity index is 1.87. The second kappa shape index (κ2) is 11.2. The van der Waals surface area contributed by atoms with E-state index < -0.39 is 0 Å². The van der Waals surface area contributed by atoms with Gasteiger partial charge >= 0.3 is 0 Å². The van der Waals surface area contributed by atoms with Gasteiger partial charge in [0.05, 0.1) is 0 Å². The Morgan fingerprint density at radius 1 is 0.944 bits per heavy atom. The van der Waals surface area contributed by atoms with Crippen LogP contribution in [0.3, 0.4) is 0 Å². The summed E-state index contributed by atoms with van der Waals surface area (Å²) in [5.74, 6) is 0. The van der Waals surface area contributed by atoms with E-state index in [-0.39, 0.29) is 0 Å². The summed E-state index contributed by atoms with van der Waals surface area (Å²) < 4.78 is 5.41. The summed E-state index contributed by atoms with van der Waals surface area (Å²) in [6, 6.07) is 0.776. The zero-order valence-electron chi connectivity index (χ0n) is 12.0. The number of alkyl halides is 1. The van der Waals surface area contributed by atoms with Crippen molar-refractivity contribution in [3.8, 4) is 0 Å². The van der Waals surface area contributed by atoms with E-state index in [4.69, 9.17) is 4.74 Å². The molecule has 0 aromatic rings. The molecular weight excluding hydrogens is 290 g/mol. The highest BCUT2D eigenvalue weighted by Crippen LogP contribution is 2.14. The number of rotatable bonds is 10. The summed E-state index contributed by atoms with van der Waals surface area (Å²) in [5, 5.41) is 1.17. The Bertz CT molecular complexity index is 183. The van der Waals surface area contributed by atoms with E-state index in [0.29, 0.717) is 0 Å². The van der Waals surface area contributed by atoms with Crippen LogP contribution in [-0.4, -0.2) is 43.1 Å². The standard InChI is InChI=1S/C15H30BrNO/c1-17(15-9-13-18-14-10-15)12-8-6-4-2-3-5-7-11-16/h15H,2-14H2,1H3. The molecule has 0 saturated carbocycles. The van der Waals surface area contributed by atoms with Gasteiger partial charge in [0.25, 0.3) is 0 Å². The fourth-order valence-electron chi connectivity index (χ4n) is 2.65. The molecule has 0 aromatic carbocycles. The topological polar surface area (TPSA) is 12.5 Å². The van der Waals surface area contributed by atoms with E-state index >= 15 is 0 Å². The van der Waals surface area contributed by atoms with Gasteiger partial charge in [0.15, 0.2) is 0 Å². The fourth-order valence-corrected chi connectivity index (χ4v) is 3.04. The van der Waals surface area contributed by atoms with Crippen molar-refractivity contribution in [1.29, 1.82) is 0 Å². The lowest BCUT2D eigenvalue weighted by Gasteiger charge is -2.31. The zero-order valence-corrected chi connectivity index (χ0v) is 13.6. The maximum atomic E-state index is 5.41. The van der Waals surface area contributed by atoms with Gasteiger partial charge < -0.3 is 9.64 Å². The molecule has 18 heavy (non-hydrogen) atoms. The van der Waals surface area contributed by atoms with Crippen LogP contribution in [0.5, 0.6) is 0 Å². The molecule has 0 amide bonds. The molecule has 0 radical (unpaired) electrons. The van der Waals surface area contributed by atoms with Crippen LogP contribution in [0.2, 0.25) is 0 Å². The van der Waals surface area contributed by atoms with Gasteiger partial charge in [-0.3, -0.25) is 0 Å². The SMILES string of the molecule is CN(CCCCCCCCCBr)C1CCOCC1. The highest BCUT2D eigenvalue weighted by Gasteiger charge is 2.17. The summed E-state index contributed by atoms with van der Waals surface area (Å²) in [4.78, 5) is 2.55. The monoisotopic (exact) mass is 319 g/mol. The van der Waals surface area contributed by atoms with Crippen LogP contribution < -0.4 is 0 Å². The number of hydrogen-bond acceptors (Lipinski definition) is 2. The van der Waals surface area contributed by atoms with Crippen LogP contribution in [0.4, 0.5) is 0 Å². The number of nitrogens with zero attached hydrogens (tertiary/aromatic N) is 1. The summed E-state index contributed by atoms with van der Waals surface area (Å²) in [6.45, 7) is 3.19. The van der Waals surface area contributed by atoms with E-state index in [1.807, 2.05) is 0 Å². The largest absolute Gasteiger partial charge is 0.381 e. The highest BCUT2D eigenvalue weighted by atomic mass is 79.9. The molecule has 3 heteroatoms. The Morgan fingerprint density at radius 2 is 1.50 bits per heavy atom. The predicted molar refractivity (Wildman–Crippen MR) is 82.6 cm³/mol. The molecule has 0 aliphatic carbocycles. The molecule has 0 bridgehead atoms. The molecule has 1 saturated heterocycles. The minimum Gasteiger partial charge on any atom is -0.381 e. The van der Waals surface area contributed by atoms with Gasteiger partial charge in [0, 0.05) is 24.6 Å². The first-order valence-corrected chi connectivity index (χ1v) is 8.80. The number of unbranched alkanes of at least 4 members (excludes halogenated alkanes) is 6. The first-order chi connectivity index (χ1) is 8.84. The van der Waals surface area contributed by atoms with Crippen molar-refractivity contribution in [1.82, 2.24) is 4.90 Å². The number of hydrogen-bond donors (Lipinski definition) is 0. The average molecular weight is 320 g/mol. The Labute approximate surface area is 122 Å². The number of halogens is 1. The molecule has 108 valence electrons. The van der Waals surface area contributed by atoms with Crippen LogP contribution in [-0.2, 0) is 4.74 Å². The van der Waals surface area contributed by atoms with Gasteiger partial charge in [-0.25, -0.2) is 0 Å². The van der Waals surface area contributed by atoms with Gasteiger partial charge in [0.2, 0.25) is 0 Å². The van der Waals surface area contributed by atoms with Crippen LogP contribution in [0.1, 0.15) is 57.8 Å². The fraction of sp³-hybridized carbons (Fsp3) is 1.00. The molecule has 0 aromatic heterocycles. The molecule has 1 fully saturated rings. The maximum absolute atomic E-state index is 5.41. The van der Waals surface area contributed by atoms with Crippen molar-refractivity contribution in [2.45, 2.75) is 63.8 Å². The maximum Gasteiger partial charge on any atom is 0.0480 e. The molecule has 1 heterocycles. The first kappa shape index (κ1) is 16.5. The van der Waals surface area contributed by atoms with Gasteiger partial charge in [-0.15, -0.1) is 0 Å². The minimum atomic E-state index is 0.776. The van der Waals surface area contributed by atoms with Gasteiger partial charge in [0.1, 0.15) is 0 Å². The highest BCUT2D eigenvalue weighted by molar-refractivity contribution is 9.09. The Morgan fingerprint density at radius 3 is 2.11 bits per heavy atom. The predicted octanol–water partition coefficient (Wildman–Crippen LogP) is 4.22. The van der Waals surface area contributed by atoms with Crippen LogP contribution >= 0.6 is 15.9 Å². The van der Waals surface area contributed by atoms with Crippen molar-refractivity contribution >= 4 is 15.9 Å². The average Bonchev–Trinajstić information content (AvgIpc) is 2.42. The normalized spacial score (nSPS) is 17.5. The van der Waals surface area contributed by atoms with Crippen molar-refractivity contribution in [2.24, 2.45) is 0 Å². The van der Waals surface area contributed by atoms with Crippen molar-refractivity contribution in [2.75, 3.05) is 32.1 Å². The van der Waals surface area contributed by atoms with E-state index in [1.54, 1.807) is 0 Å². The van der Waals surface area contributed by atoms with E-state index in [9.17, 15) is 0 Å². The minimum absolute atomic E-state index is 0.776. The van der Waals surface area contributed by atoms with Crippen molar-refractivity contribution in [3.05, 3.63) is 0 Å². The molecular formula is C15H30BrNO. The molecule has 1 aliphatic rings. The Hall–Kier alpha value is 0.400. The second-order valence-electron chi connectivity index (χ2n) is 5.49. The third-order valence-electron chi connectivity index (χ3n) is 3.96. The molecule has 0 atom stereocenters. The van der Waals surface area contributed by atoms with Crippen molar-refractivity contribution < 1.29 is 4.74 Å². The zero-order chi connectivity index (χ0) is 13.1. The van der Waals surface area contributed by atoms with E-state index in [2.05, 4.69) is 27.9 Å². The molecule has 0 spiro atoms. The summed E-state index contributed by atoms with van der Waals surface area (Å²) in [5.41, 5.74) is 0. The summed E-state index contributed by atoms with van der Waals surface area (Å²) >= 11 is 3.48. The summed E-state index contributed by atoms with van der Waals surface area (Å²) in [6.07, 6.45) is 12.2. The Kier molecular flexibility index (Phi) is 10.3. The molecule has 1 rings (SSSR count). The first-order valence-electron chi connectivity index (χ1n) is 7.68. The quantitative estimate of drug-likeness (QED) is 0.441. The molecule has 0 unspecified atom stereocenters. The van der Waals surface area contributed by atoms with Crippen molar-refractivity contribution in [3.63, 3.8) is 0 Å². The summed E-state index contributed by atoms with van der Waals surface area (Å²) in [7, 11) is 2.28. The van der Waals surface area contributed by atoms with Gasteiger partial charge in [-0.05, 0) is 39.3 Å². The molecule has 0 N–H and O–H groups in total. The second-order valence-corrected chi connectivity index (χ2v) is 6.28. The van der Waals surface area contributed by atoms with E-state index in [0.717, 1.165) is 19.3 Å². The third kappa shape index (κ3) is 7.75.